The van der Waals surface area contributed by atoms with E-state index >= 15 is 0 Å². The number of nitrogens with two attached hydrogens (primary N) is 1. The second-order valence-corrected chi connectivity index (χ2v) is 5.58. The van der Waals surface area contributed by atoms with Gasteiger partial charge in [0, 0.05) is 11.7 Å². The van der Waals surface area contributed by atoms with Crippen LogP contribution in [0.5, 0.6) is 0 Å². The van der Waals surface area contributed by atoms with Gasteiger partial charge in [-0.15, -0.1) is 0 Å². The maximum absolute atomic E-state index is 5.49. The zero-order valence-corrected chi connectivity index (χ0v) is 11.6. The molecule has 100 valence electrons. The van der Waals surface area contributed by atoms with Gasteiger partial charge in [0.05, 0.1) is 17.4 Å². The van der Waals surface area contributed by atoms with Crippen molar-refractivity contribution in [2.24, 2.45) is 5.73 Å². The smallest absolute Gasteiger partial charge is 0.168 e. The summed E-state index contributed by atoms with van der Waals surface area (Å²) in [7, 11) is 0. The average molecular weight is 274 g/mol. The molecule has 19 heavy (non-hydrogen) atoms. The zero-order valence-electron chi connectivity index (χ0n) is 10.8. The van der Waals surface area contributed by atoms with E-state index in [-0.39, 0.29) is 5.11 Å². The van der Waals surface area contributed by atoms with Crippen molar-refractivity contribution >= 4 is 34.1 Å². The number of hydrogen-bond acceptors (Lipinski definition) is 2. The predicted molar refractivity (Wildman–Crippen MR) is 82.3 cm³/mol. The Balaban J connectivity index is 1.92. The van der Waals surface area contributed by atoms with Crippen molar-refractivity contribution in [1.29, 1.82) is 0 Å². The summed E-state index contributed by atoms with van der Waals surface area (Å²) in [6.45, 7) is 0. The highest BCUT2D eigenvalue weighted by Crippen LogP contribution is 2.31. The van der Waals surface area contributed by atoms with Crippen LogP contribution >= 0.6 is 12.2 Å². The van der Waals surface area contributed by atoms with Gasteiger partial charge in [0.2, 0.25) is 0 Å². The maximum atomic E-state index is 5.49. The molecule has 0 amide bonds. The maximum Gasteiger partial charge on any atom is 0.168 e. The van der Waals surface area contributed by atoms with Crippen LogP contribution in [0, 0.1) is 0 Å². The second-order valence-electron chi connectivity index (χ2n) is 5.14. The zero-order chi connectivity index (χ0) is 13.2. The fourth-order valence-electron chi connectivity index (χ4n) is 2.90. The molecule has 1 fully saturated rings. The summed E-state index contributed by atoms with van der Waals surface area (Å²) >= 11 is 4.85. The van der Waals surface area contributed by atoms with Crippen molar-refractivity contribution in [3.8, 4) is 0 Å². The Labute approximate surface area is 118 Å². The minimum absolute atomic E-state index is 0.283. The molecule has 1 aromatic heterocycles. The standard InChI is InChI=1S/C14H18N4S/c15-14(19)17-10-6-7-13-12(8-10)16-9-18(13)11-4-2-1-3-5-11/h6-9,11H,1-5H2,(H3,15,17,19). The molecule has 4 nitrogen and oxygen atoms in total. The first kappa shape index (κ1) is 12.4. The molecule has 1 heterocycles. The quantitative estimate of drug-likeness (QED) is 0.826. The van der Waals surface area contributed by atoms with Crippen molar-refractivity contribution in [3.63, 3.8) is 0 Å². The predicted octanol–water partition coefficient (Wildman–Crippen LogP) is 3.20. The van der Waals surface area contributed by atoms with Gasteiger partial charge in [-0.05, 0) is 43.3 Å². The molecular formula is C14H18N4S. The number of benzene rings is 1. The molecule has 0 aliphatic heterocycles. The molecule has 2 aromatic rings. The van der Waals surface area contributed by atoms with Crippen molar-refractivity contribution in [3.05, 3.63) is 24.5 Å². The number of aromatic nitrogens is 2. The van der Waals surface area contributed by atoms with Gasteiger partial charge >= 0.3 is 0 Å². The van der Waals surface area contributed by atoms with Crippen molar-refractivity contribution in [2.45, 2.75) is 38.1 Å². The lowest BCUT2D eigenvalue weighted by Crippen LogP contribution is -2.18. The SMILES string of the molecule is NC(=S)Nc1ccc2c(c1)ncn2C1CCCCC1. The van der Waals surface area contributed by atoms with Crippen LogP contribution in [-0.2, 0) is 0 Å². The lowest BCUT2D eigenvalue weighted by molar-refractivity contribution is 0.359. The summed E-state index contributed by atoms with van der Waals surface area (Å²) in [6.07, 6.45) is 8.50. The first-order valence-corrected chi connectivity index (χ1v) is 7.18. The number of hydrogen-bond donors (Lipinski definition) is 2. The van der Waals surface area contributed by atoms with Crippen LogP contribution in [0.25, 0.3) is 11.0 Å². The van der Waals surface area contributed by atoms with Gasteiger partial charge in [0.15, 0.2) is 5.11 Å². The summed E-state index contributed by atoms with van der Waals surface area (Å²) in [5.41, 5.74) is 8.57. The number of rotatable bonds is 2. The van der Waals surface area contributed by atoms with E-state index in [1.807, 2.05) is 18.5 Å². The molecule has 0 spiro atoms. The van der Waals surface area contributed by atoms with Gasteiger partial charge in [-0.2, -0.15) is 0 Å². The Kier molecular flexibility index (Phi) is 3.38. The third-order valence-corrected chi connectivity index (χ3v) is 3.91. The molecular weight excluding hydrogens is 256 g/mol. The molecule has 3 rings (SSSR count). The summed E-state index contributed by atoms with van der Waals surface area (Å²) in [6, 6.07) is 6.70. The fraction of sp³-hybridized carbons (Fsp3) is 0.429. The third-order valence-electron chi connectivity index (χ3n) is 3.81. The van der Waals surface area contributed by atoms with Crippen LogP contribution in [0.15, 0.2) is 24.5 Å². The number of nitrogens with zero attached hydrogens (tertiary/aromatic N) is 2. The average Bonchev–Trinajstić information content (AvgIpc) is 2.82. The highest BCUT2D eigenvalue weighted by atomic mass is 32.1. The number of anilines is 1. The van der Waals surface area contributed by atoms with Gasteiger partial charge in [-0.1, -0.05) is 19.3 Å². The van der Waals surface area contributed by atoms with E-state index in [4.69, 9.17) is 18.0 Å². The van der Waals surface area contributed by atoms with Crippen LogP contribution in [0.3, 0.4) is 0 Å². The molecule has 1 aliphatic carbocycles. The lowest BCUT2D eigenvalue weighted by Gasteiger charge is -2.23. The van der Waals surface area contributed by atoms with Crippen molar-refractivity contribution in [2.75, 3.05) is 5.32 Å². The lowest BCUT2D eigenvalue weighted by atomic mass is 9.95. The van der Waals surface area contributed by atoms with Crippen LogP contribution in [0.4, 0.5) is 5.69 Å². The van der Waals surface area contributed by atoms with E-state index in [0.29, 0.717) is 6.04 Å². The molecule has 3 N–H and O–H groups in total. The highest BCUT2D eigenvalue weighted by Gasteiger charge is 2.17. The molecule has 0 saturated heterocycles. The summed E-state index contributed by atoms with van der Waals surface area (Å²) in [5.74, 6) is 0. The topological polar surface area (TPSA) is 55.9 Å². The summed E-state index contributed by atoms with van der Waals surface area (Å²) in [4.78, 5) is 4.50. The van der Waals surface area contributed by atoms with Crippen molar-refractivity contribution in [1.82, 2.24) is 9.55 Å². The monoisotopic (exact) mass is 274 g/mol. The van der Waals surface area contributed by atoms with Crippen LogP contribution < -0.4 is 11.1 Å². The third kappa shape index (κ3) is 2.56. The number of fused-ring (bicyclic) bond motifs is 1. The van der Waals surface area contributed by atoms with E-state index in [9.17, 15) is 0 Å². The molecule has 0 bridgehead atoms. The summed E-state index contributed by atoms with van der Waals surface area (Å²) < 4.78 is 2.32. The molecule has 5 heteroatoms. The minimum atomic E-state index is 0.283. The van der Waals surface area contributed by atoms with Gasteiger partial charge in [-0.25, -0.2) is 4.98 Å². The van der Waals surface area contributed by atoms with E-state index in [2.05, 4.69) is 20.9 Å². The summed E-state index contributed by atoms with van der Waals surface area (Å²) in [5, 5.41) is 3.23. The van der Waals surface area contributed by atoms with Crippen LogP contribution in [-0.4, -0.2) is 14.7 Å². The molecule has 1 aliphatic rings. The first-order valence-electron chi connectivity index (χ1n) is 6.77. The Bertz CT molecular complexity index is 599. The minimum Gasteiger partial charge on any atom is -0.376 e. The van der Waals surface area contributed by atoms with Crippen LogP contribution in [0.2, 0.25) is 0 Å². The number of imidazole rings is 1. The van der Waals surface area contributed by atoms with E-state index in [0.717, 1.165) is 11.2 Å². The Morgan fingerprint density at radius 1 is 1.32 bits per heavy atom. The second kappa shape index (κ2) is 5.17. The largest absolute Gasteiger partial charge is 0.376 e. The Morgan fingerprint density at radius 3 is 2.84 bits per heavy atom. The Morgan fingerprint density at radius 2 is 2.11 bits per heavy atom. The highest BCUT2D eigenvalue weighted by molar-refractivity contribution is 7.80. The molecule has 0 unspecified atom stereocenters. The van der Waals surface area contributed by atoms with E-state index in [1.54, 1.807) is 0 Å². The van der Waals surface area contributed by atoms with Crippen LogP contribution in [0.1, 0.15) is 38.1 Å². The van der Waals surface area contributed by atoms with E-state index < -0.39 is 0 Å². The number of thiocarbonyl (C=S) groups is 1. The van der Waals surface area contributed by atoms with E-state index in [1.165, 1.54) is 37.6 Å². The fourth-order valence-corrected chi connectivity index (χ4v) is 3.02. The molecule has 0 atom stereocenters. The Hall–Kier alpha value is -1.62. The van der Waals surface area contributed by atoms with Gasteiger partial charge in [0.25, 0.3) is 0 Å². The molecule has 0 radical (unpaired) electrons. The van der Waals surface area contributed by atoms with Gasteiger partial charge in [0.1, 0.15) is 0 Å². The first-order chi connectivity index (χ1) is 9.24. The van der Waals surface area contributed by atoms with Gasteiger partial charge < -0.3 is 15.6 Å². The van der Waals surface area contributed by atoms with Crippen molar-refractivity contribution < 1.29 is 0 Å². The molecule has 1 saturated carbocycles. The number of nitrogens with one attached hydrogen (secondary N) is 1. The molecule has 1 aromatic carbocycles. The van der Waals surface area contributed by atoms with Gasteiger partial charge in [-0.3, -0.25) is 0 Å². The normalized spacial score (nSPS) is 16.6.